The molecule has 0 fully saturated rings. The Hall–Kier alpha value is -1.01. The van der Waals surface area contributed by atoms with E-state index >= 15 is 0 Å². The molecule has 0 saturated heterocycles. The highest BCUT2D eigenvalue weighted by molar-refractivity contribution is 6.27. The Morgan fingerprint density at radius 3 is 2.80 bits per heavy atom. The number of carbonyl (C=O) groups excluding carboxylic acids is 1. The lowest BCUT2D eigenvalue weighted by molar-refractivity contribution is -0.137. The van der Waals surface area contributed by atoms with Crippen molar-refractivity contribution >= 4 is 17.6 Å². The normalized spacial score (nSPS) is 10.3. The summed E-state index contributed by atoms with van der Waals surface area (Å²) in [4.78, 5) is 10.6. The maximum absolute atomic E-state index is 10.6. The van der Waals surface area contributed by atoms with Gasteiger partial charge in [-0.2, -0.15) is 5.26 Å². The quantitative estimate of drug-likeness (QED) is 0.346. The number of carbonyl (C=O) groups is 1. The summed E-state index contributed by atoms with van der Waals surface area (Å²) in [7, 11) is 0. The van der Waals surface area contributed by atoms with E-state index in [9.17, 15) is 4.79 Å². The molecule has 10 heavy (non-hydrogen) atoms. The van der Waals surface area contributed by atoms with Crippen molar-refractivity contribution < 1.29 is 9.53 Å². The van der Waals surface area contributed by atoms with E-state index in [-0.39, 0.29) is 12.2 Å². The average Bonchev–Trinajstić information content (AvgIpc) is 1.91. The van der Waals surface area contributed by atoms with Gasteiger partial charge in [0.25, 0.3) is 0 Å². The van der Waals surface area contributed by atoms with Gasteiger partial charge in [-0.05, 0) is 6.92 Å². The molecule has 0 N–H and O–H groups in total. The molecule has 0 bridgehead atoms. The van der Waals surface area contributed by atoms with Gasteiger partial charge < -0.3 is 4.74 Å². The molecule has 0 aromatic rings. The number of halogens is 1. The van der Waals surface area contributed by atoms with E-state index in [1.807, 2.05) is 0 Å². The number of esters is 1. The van der Waals surface area contributed by atoms with Gasteiger partial charge in [0.05, 0.1) is 6.61 Å². The third-order valence-electron chi connectivity index (χ3n) is 0.725. The smallest absolute Gasteiger partial charge is 0.349 e. The van der Waals surface area contributed by atoms with Gasteiger partial charge in [0.1, 0.15) is 11.6 Å². The maximum Gasteiger partial charge on any atom is 0.349 e. The van der Waals surface area contributed by atoms with Crippen LogP contribution in [0.2, 0.25) is 0 Å². The Bertz CT molecular complexity index is 192. The fourth-order valence-electron chi connectivity index (χ4n) is 0.323. The zero-order valence-electron chi connectivity index (χ0n) is 5.43. The van der Waals surface area contributed by atoms with E-state index < -0.39 is 5.97 Å². The number of hydrogen-bond donors (Lipinski definition) is 0. The molecule has 0 aliphatic carbocycles. The fraction of sp³-hybridized carbons (Fsp3) is 0.333. The third kappa shape index (κ3) is 2.51. The second-order valence-corrected chi connectivity index (χ2v) is 1.57. The van der Waals surface area contributed by atoms with Crippen molar-refractivity contribution in [1.82, 2.24) is 0 Å². The fourth-order valence-corrected chi connectivity index (χ4v) is 0.461. The first-order valence-electron chi connectivity index (χ1n) is 2.63. The molecule has 0 saturated carbocycles. The second kappa shape index (κ2) is 4.83. The maximum atomic E-state index is 10.6. The lowest BCUT2D eigenvalue weighted by Gasteiger charge is -1.95. The van der Waals surface area contributed by atoms with Gasteiger partial charge in [-0.3, -0.25) is 0 Å². The van der Waals surface area contributed by atoms with Crippen molar-refractivity contribution in [2.75, 3.05) is 6.61 Å². The molecule has 0 atom stereocenters. The Kier molecular flexibility index (Phi) is 4.34. The molecule has 0 unspecified atom stereocenters. The summed E-state index contributed by atoms with van der Waals surface area (Å²) in [6.07, 6.45) is 0. The van der Waals surface area contributed by atoms with E-state index in [2.05, 4.69) is 4.74 Å². The molecule has 0 aromatic carbocycles. The van der Waals surface area contributed by atoms with Crippen molar-refractivity contribution in [2.45, 2.75) is 6.92 Å². The molecule has 0 rings (SSSR count). The first kappa shape index (κ1) is 8.99. The highest BCUT2D eigenvalue weighted by Crippen LogP contribution is 1.97. The van der Waals surface area contributed by atoms with Gasteiger partial charge >= 0.3 is 5.97 Å². The minimum Gasteiger partial charge on any atom is -0.462 e. The largest absolute Gasteiger partial charge is 0.462 e. The molecular weight excluding hydrogens is 154 g/mol. The SMILES string of the molecule is CCOC(=O)/C(C#N)=C\Cl. The van der Waals surface area contributed by atoms with E-state index in [1.165, 1.54) is 0 Å². The molecule has 0 aliphatic heterocycles. The van der Waals surface area contributed by atoms with Crippen LogP contribution in [0.4, 0.5) is 0 Å². The van der Waals surface area contributed by atoms with Crippen molar-refractivity contribution in [1.29, 1.82) is 5.26 Å². The summed E-state index contributed by atoms with van der Waals surface area (Å²) in [6, 6.07) is 1.59. The van der Waals surface area contributed by atoms with Crippen LogP contribution in [0.5, 0.6) is 0 Å². The highest BCUT2D eigenvalue weighted by atomic mass is 35.5. The number of rotatable bonds is 2. The van der Waals surface area contributed by atoms with E-state index in [4.69, 9.17) is 16.9 Å². The summed E-state index contributed by atoms with van der Waals surface area (Å²) in [5.74, 6) is -0.681. The molecule has 3 nitrogen and oxygen atoms in total. The minimum absolute atomic E-state index is 0.177. The minimum atomic E-state index is -0.681. The van der Waals surface area contributed by atoms with Crippen LogP contribution in [-0.2, 0) is 9.53 Å². The second-order valence-electron chi connectivity index (χ2n) is 1.36. The van der Waals surface area contributed by atoms with E-state index in [0.29, 0.717) is 0 Å². The molecule has 0 aromatic heterocycles. The van der Waals surface area contributed by atoms with E-state index in [0.717, 1.165) is 5.54 Å². The molecular formula is C6H6ClNO2. The van der Waals surface area contributed by atoms with Crippen molar-refractivity contribution in [2.24, 2.45) is 0 Å². The molecule has 54 valence electrons. The zero-order chi connectivity index (χ0) is 7.98. The van der Waals surface area contributed by atoms with Gasteiger partial charge in [-0.15, -0.1) is 0 Å². The van der Waals surface area contributed by atoms with Gasteiger partial charge in [0, 0.05) is 5.54 Å². The highest BCUT2D eigenvalue weighted by Gasteiger charge is 2.07. The predicted octanol–water partition coefficient (Wildman–Crippen LogP) is 1.20. The number of ether oxygens (including phenoxy) is 1. The van der Waals surface area contributed by atoms with Crippen LogP contribution in [0.1, 0.15) is 6.92 Å². The Balaban J connectivity index is 4.08. The predicted molar refractivity (Wildman–Crippen MR) is 36.2 cm³/mol. The third-order valence-corrected chi connectivity index (χ3v) is 0.943. The first-order valence-corrected chi connectivity index (χ1v) is 3.07. The topological polar surface area (TPSA) is 50.1 Å². The lowest BCUT2D eigenvalue weighted by atomic mass is 10.3. The van der Waals surface area contributed by atoms with Crippen LogP contribution in [0.3, 0.4) is 0 Å². The molecule has 0 radical (unpaired) electrons. The number of nitriles is 1. The Morgan fingerprint density at radius 1 is 1.90 bits per heavy atom. The van der Waals surface area contributed by atoms with Crippen LogP contribution in [0.25, 0.3) is 0 Å². The lowest BCUT2D eigenvalue weighted by Crippen LogP contribution is -2.05. The Labute approximate surface area is 63.8 Å². The summed E-state index contributed by atoms with van der Waals surface area (Å²) in [5.41, 5.74) is 0.723. The van der Waals surface area contributed by atoms with Gasteiger partial charge in [0.15, 0.2) is 0 Å². The number of hydrogen-bond acceptors (Lipinski definition) is 3. The zero-order valence-corrected chi connectivity index (χ0v) is 6.18. The molecule has 0 aliphatic rings. The van der Waals surface area contributed by atoms with Crippen LogP contribution in [-0.4, -0.2) is 12.6 Å². The standard InChI is InChI=1S/C6H6ClNO2/c1-2-10-6(9)5(3-7)4-8/h3H,2H2,1H3/b5-3-. The Morgan fingerprint density at radius 2 is 2.50 bits per heavy atom. The van der Waals surface area contributed by atoms with Crippen molar-refractivity contribution in [3.63, 3.8) is 0 Å². The molecule has 0 amide bonds. The summed E-state index contributed by atoms with van der Waals surface area (Å²) in [6.45, 7) is 1.90. The van der Waals surface area contributed by atoms with Crippen LogP contribution >= 0.6 is 11.6 Å². The molecule has 4 heteroatoms. The summed E-state index contributed by atoms with van der Waals surface area (Å²) < 4.78 is 4.47. The van der Waals surface area contributed by atoms with Gasteiger partial charge in [0.2, 0.25) is 0 Å². The van der Waals surface area contributed by atoms with Crippen molar-refractivity contribution in [3.05, 3.63) is 11.1 Å². The van der Waals surface area contributed by atoms with Gasteiger partial charge in [-0.25, -0.2) is 4.79 Å². The molecule has 0 heterocycles. The first-order chi connectivity index (χ1) is 4.76. The van der Waals surface area contributed by atoms with Crippen LogP contribution in [0, 0.1) is 11.3 Å². The number of nitrogens with zero attached hydrogens (tertiary/aromatic N) is 1. The van der Waals surface area contributed by atoms with E-state index in [1.54, 1.807) is 13.0 Å². The summed E-state index contributed by atoms with van der Waals surface area (Å²) >= 11 is 5.11. The summed E-state index contributed by atoms with van der Waals surface area (Å²) in [5, 5.41) is 8.22. The molecule has 0 spiro atoms. The van der Waals surface area contributed by atoms with Crippen LogP contribution < -0.4 is 0 Å². The van der Waals surface area contributed by atoms with Gasteiger partial charge in [-0.1, -0.05) is 11.6 Å². The average molecular weight is 160 g/mol. The monoisotopic (exact) mass is 159 g/mol. The van der Waals surface area contributed by atoms with Crippen molar-refractivity contribution in [3.8, 4) is 6.07 Å². The van der Waals surface area contributed by atoms with Crippen LogP contribution in [0.15, 0.2) is 11.1 Å².